The molecule has 2 rings (SSSR count). The van der Waals surface area contributed by atoms with Crippen LogP contribution in [-0.4, -0.2) is 68.2 Å². The molecule has 0 saturated carbocycles. The Morgan fingerprint density at radius 3 is 2.60 bits per heavy atom. The number of nitro benzene ring substituents is 1. The maximum Gasteiger partial charge on any atom is 0.270 e. The van der Waals surface area contributed by atoms with Gasteiger partial charge in [0.25, 0.3) is 11.6 Å². The molecule has 8 heteroatoms. The highest BCUT2D eigenvalue weighted by molar-refractivity contribution is 6.00. The van der Waals surface area contributed by atoms with E-state index in [1.807, 2.05) is 11.9 Å². The van der Waals surface area contributed by atoms with Crippen molar-refractivity contribution in [2.45, 2.75) is 26.1 Å². The molecule has 1 fully saturated rings. The summed E-state index contributed by atoms with van der Waals surface area (Å²) < 4.78 is 5.74. The van der Waals surface area contributed by atoms with Crippen LogP contribution in [-0.2, 0) is 4.74 Å². The van der Waals surface area contributed by atoms with Crippen LogP contribution in [0.2, 0.25) is 0 Å². The van der Waals surface area contributed by atoms with Gasteiger partial charge in [-0.3, -0.25) is 19.8 Å². The van der Waals surface area contributed by atoms with E-state index >= 15 is 0 Å². The van der Waals surface area contributed by atoms with Gasteiger partial charge in [0.1, 0.15) is 0 Å². The van der Waals surface area contributed by atoms with Gasteiger partial charge in [0.15, 0.2) is 0 Å². The number of anilines is 1. The molecule has 0 aliphatic carbocycles. The highest BCUT2D eigenvalue weighted by Crippen LogP contribution is 2.25. The Kier molecular flexibility index (Phi) is 6.33. The first-order valence-electron chi connectivity index (χ1n) is 8.41. The molecule has 2 atom stereocenters. The molecule has 0 spiro atoms. The number of nitro groups is 1. The first kappa shape index (κ1) is 19.1. The number of benzene rings is 1. The second-order valence-electron chi connectivity index (χ2n) is 6.48. The van der Waals surface area contributed by atoms with Gasteiger partial charge in [0, 0.05) is 58.1 Å². The van der Waals surface area contributed by atoms with Crippen molar-refractivity contribution in [3.8, 4) is 0 Å². The Morgan fingerprint density at radius 2 is 2.04 bits per heavy atom. The van der Waals surface area contributed by atoms with E-state index in [0.29, 0.717) is 17.8 Å². The second-order valence-corrected chi connectivity index (χ2v) is 6.48. The first-order chi connectivity index (χ1) is 11.8. The smallest absolute Gasteiger partial charge is 0.270 e. The van der Waals surface area contributed by atoms with E-state index in [1.165, 1.54) is 19.2 Å². The third-order valence-electron chi connectivity index (χ3n) is 4.32. The predicted octanol–water partition coefficient (Wildman–Crippen LogP) is 1.50. The van der Waals surface area contributed by atoms with Crippen LogP contribution in [0.1, 0.15) is 24.2 Å². The largest absolute Gasteiger partial charge is 0.373 e. The minimum absolute atomic E-state index is 0.0911. The number of carbonyl (C=O) groups is 1. The molecule has 25 heavy (non-hydrogen) atoms. The van der Waals surface area contributed by atoms with Crippen LogP contribution < -0.4 is 10.2 Å². The fraction of sp³-hybridized carbons (Fsp3) is 0.588. The molecular weight excluding hydrogens is 324 g/mol. The maximum absolute atomic E-state index is 12.1. The van der Waals surface area contributed by atoms with Crippen molar-refractivity contribution < 1.29 is 14.5 Å². The van der Waals surface area contributed by atoms with Crippen molar-refractivity contribution in [1.29, 1.82) is 0 Å². The van der Waals surface area contributed by atoms with E-state index in [-0.39, 0.29) is 23.8 Å². The standard InChI is InChI=1S/C17H26N4O4/c1-12-10-20(11-13(2)25-12)8-7-19(4)16-6-5-14(21(23)24)9-15(16)17(22)18-3/h5-6,9,12-13H,7-8,10-11H2,1-4H3,(H,18,22)/t12-,13+. The second kappa shape index (κ2) is 8.26. The fourth-order valence-corrected chi connectivity index (χ4v) is 3.17. The van der Waals surface area contributed by atoms with Crippen LogP contribution in [0, 0.1) is 10.1 Å². The lowest BCUT2D eigenvalue weighted by molar-refractivity contribution is -0.384. The molecule has 1 saturated heterocycles. The number of carbonyl (C=O) groups excluding carboxylic acids is 1. The Bertz CT molecular complexity index is 627. The van der Waals surface area contributed by atoms with Gasteiger partial charge >= 0.3 is 0 Å². The molecule has 8 nitrogen and oxygen atoms in total. The highest BCUT2D eigenvalue weighted by Gasteiger charge is 2.23. The Hall–Kier alpha value is -2.19. The van der Waals surface area contributed by atoms with Crippen LogP contribution >= 0.6 is 0 Å². The summed E-state index contributed by atoms with van der Waals surface area (Å²) in [5, 5.41) is 13.5. The molecule has 1 aliphatic heterocycles. The van der Waals surface area contributed by atoms with E-state index in [9.17, 15) is 14.9 Å². The molecule has 0 bridgehead atoms. The molecule has 0 unspecified atom stereocenters. The molecule has 1 aromatic carbocycles. The van der Waals surface area contributed by atoms with Crippen molar-refractivity contribution in [3.63, 3.8) is 0 Å². The molecule has 1 aliphatic rings. The van der Waals surface area contributed by atoms with Crippen LogP contribution in [0.25, 0.3) is 0 Å². The van der Waals surface area contributed by atoms with Crippen molar-refractivity contribution >= 4 is 17.3 Å². The summed E-state index contributed by atoms with van der Waals surface area (Å²) >= 11 is 0. The van der Waals surface area contributed by atoms with Gasteiger partial charge in [0.05, 0.1) is 22.7 Å². The molecule has 1 N–H and O–H groups in total. The van der Waals surface area contributed by atoms with Crippen molar-refractivity contribution in [1.82, 2.24) is 10.2 Å². The average Bonchev–Trinajstić information content (AvgIpc) is 2.57. The molecule has 1 aromatic rings. The normalized spacial score (nSPS) is 21.0. The number of hydrogen-bond donors (Lipinski definition) is 1. The summed E-state index contributed by atoms with van der Waals surface area (Å²) in [5.41, 5.74) is 0.897. The number of ether oxygens (including phenoxy) is 1. The summed E-state index contributed by atoms with van der Waals surface area (Å²) in [7, 11) is 3.41. The number of hydrogen-bond acceptors (Lipinski definition) is 6. The van der Waals surface area contributed by atoms with E-state index in [2.05, 4.69) is 24.1 Å². The predicted molar refractivity (Wildman–Crippen MR) is 96.2 cm³/mol. The number of likely N-dealkylation sites (N-methyl/N-ethyl adjacent to an activating group) is 1. The minimum atomic E-state index is -0.493. The number of morpholine rings is 1. The van der Waals surface area contributed by atoms with Crippen LogP contribution in [0.5, 0.6) is 0 Å². The van der Waals surface area contributed by atoms with Crippen molar-refractivity contribution in [3.05, 3.63) is 33.9 Å². The molecular formula is C17H26N4O4. The Labute approximate surface area is 147 Å². The summed E-state index contributed by atoms with van der Waals surface area (Å²) in [6.07, 6.45) is 0.407. The van der Waals surface area contributed by atoms with Gasteiger partial charge in [-0.15, -0.1) is 0 Å². The number of nitrogens with one attached hydrogen (secondary N) is 1. The number of nitrogens with zero attached hydrogens (tertiary/aromatic N) is 3. The Morgan fingerprint density at radius 1 is 1.40 bits per heavy atom. The third-order valence-corrected chi connectivity index (χ3v) is 4.32. The third kappa shape index (κ3) is 4.90. The van der Waals surface area contributed by atoms with Crippen molar-refractivity contribution in [2.24, 2.45) is 0 Å². The van der Waals surface area contributed by atoms with Crippen LogP contribution in [0.3, 0.4) is 0 Å². The van der Waals surface area contributed by atoms with E-state index in [0.717, 1.165) is 19.6 Å². The highest BCUT2D eigenvalue weighted by atomic mass is 16.6. The lowest BCUT2D eigenvalue weighted by atomic mass is 10.1. The van der Waals surface area contributed by atoms with Gasteiger partial charge in [-0.1, -0.05) is 0 Å². The zero-order valence-electron chi connectivity index (χ0n) is 15.2. The molecule has 0 radical (unpaired) electrons. The van der Waals surface area contributed by atoms with E-state index in [4.69, 9.17) is 4.74 Å². The summed E-state index contributed by atoms with van der Waals surface area (Å²) in [4.78, 5) is 26.9. The van der Waals surface area contributed by atoms with E-state index < -0.39 is 4.92 Å². The zero-order valence-corrected chi connectivity index (χ0v) is 15.2. The molecule has 1 amide bonds. The fourth-order valence-electron chi connectivity index (χ4n) is 3.17. The van der Waals surface area contributed by atoms with Crippen LogP contribution in [0.15, 0.2) is 18.2 Å². The van der Waals surface area contributed by atoms with Gasteiger partial charge in [-0.05, 0) is 19.9 Å². The number of non-ortho nitro benzene ring substituents is 1. The number of amides is 1. The van der Waals surface area contributed by atoms with Gasteiger partial charge < -0.3 is 15.0 Å². The topological polar surface area (TPSA) is 87.9 Å². The van der Waals surface area contributed by atoms with Crippen molar-refractivity contribution in [2.75, 3.05) is 45.2 Å². The lowest BCUT2D eigenvalue weighted by Gasteiger charge is -2.36. The summed E-state index contributed by atoms with van der Waals surface area (Å²) in [5.74, 6) is -0.334. The summed E-state index contributed by atoms with van der Waals surface area (Å²) in [6, 6.07) is 4.38. The summed E-state index contributed by atoms with van der Waals surface area (Å²) in [6.45, 7) is 7.42. The van der Waals surface area contributed by atoms with Crippen LogP contribution in [0.4, 0.5) is 11.4 Å². The Balaban J connectivity index is 2.11. The first-order valence-corrected chi connectivity index (χ1v) is 8.41. The lowest BCUT2D eigenvalue weighted by Crippen LogP contribution is -2.47. The SMILES string of the molecule is CNC(=O)c1cc([N+](=O)[O-])ccc1N(C)CCN1C[C@@H](C)O[C@@H](C)C1. The van der Waals surface area contributed by atoms with E-state index in [1.54, 1.807) is 6.07 Å². The zero-order chi connectivity index (χ0) is 18.6. The molecule has 0 aromatic heterocycles. The quantitative estimate of drug-likeness (QED) is 0.618. The average molecular weight is 350 g/mol. The van der Waals surface area contributed by atoms with Gasteiger partial charge in [-0.25, -0.2) is 0 Å². The number of rotatable bonds is 6. The molecule has 1 heterocycles. The molecule has 138 valence electrons. The van der Waals surface area contributed by atoms with Gasteiger partial charge in [-0.2, -0.15) is 0 Å². The maximum atomic E-state index is 12.1. The minimum Gasteiger partial charge on any atom is -0.373 e. The monoisotopic (exact) mass is 350 g/mol. The van der Waals surface area contributed by atoms with Gasteiger partial charge in [0.2, 0.25) is 0 Å².